The molecule has 142 valence electrons. The van der Waals surface area contributed by atoms with Crippen LogP contribution >= 0.6 is 0 Å². The second kappa shape index (κ2) is 5.65. The molecule has 0 amide bonds. The summed E-state index contributed by atoms with van der Waals surface area (Å²) in [6.45, 7) is 4.23. The van der Waals surface area contributed by atoms with Crippen molar-refractivity contribution in [2.24, 2.45) is 22.7 Å². The fraction of sp³-hybridized carbons (Fsp3) is 0.750. The Balaban J connectivity index is 1.68. The van der Waals surface area contributed by atoms with Gasteiger partial charge in [0.15, 0.2) is 5.78 Å². The van der Waals surface area contributed by atoms with Gasteiger partial charge in [-0.2, -0.15) is 0 Å². The van der Waals surface area contributed by atoms with Crippen LogP contribution in [0.1, 0.15) is 52.4 Å². The highest BCUT2D eigenvalue weighted by molar-refractivity contribution is 5.97. The Morgan fingerprint density at radius 1 is 1.23 bits per heavy atom. The first-order valence-electron chi connectivity index (χ1n) is 9.50. The van der Waals surface area contributed by atoms with Gasteiger partial charge < -0.3 is 14.6 Å². The summed E-state index contributed by atoms with van der Waals surface area (Å²) in [5.41, 5.74) is -2.11. The fourth-order valence-electron chi connectivity index (χ4n) is 5.78. The van der Waals surface area contributed by atoms with Gasteiger partial charge >= 0.3 is 11.9 Å². The Kier molecular flexibility index (Phi) is 3.85. The zero-order valence-corrected chi connectivity index (χ0v) is 15.4. The van der Waals surface area contributed by atoms with Crippen LogP contribution in [0.3, 0.4) is 0 Å². The van der Waals surface area contributed by atoms with E-state index in [4.69, 9.17) is 9.47 Å². The van der Waals surface area contributed by atoms with Gasteiger partial charge in [-0.15, -0.1) is 0 Å². The van der Waals surface area contributed by atoms with Gasteiger partial charge in [0.2, 0.25) is 0 Å². The zero-order valence-electron chi connectivity index (χ0n) is 15.4. The molecule has 2 aliphatic carbocycles. The molecule has 5 unspecified atom stereocenters. The third kappa shape index (κ3) is 2.24. The standard InChI is InChI=1S/C20H26O6/c1-18(7-6-12-8-16(22)25-10-12)14-5-3-4-13-17(23)26-11-20(13,14)9-15(21)19(18,2)24/h4,12,14,24H,3,5-11H2,1-2H3. The van der Waals surface area contributed by atoms with E-state index in [1.807, 2.05) is 13.0 Å². The van der Waals surface area contributed by atoms with Crippen LogP contribution < -0.4 is 0 Å². The molecule has 2 heterocycles. The summed E-state index contributed by atoms with van der Waals surface area (Å²) < 4.78 is 10.4. The Hall–Kier alpha value is -1.69. The molecule has 1 N–H and O–H groups in total. The SMILES string of the molecule is CC1(O)C(=O)CC23COC(=O)C2=CCCC3C1(C)CCC1COC(=O)C1. The molecule has 6 heteroatoms. The number of Topliss-reactive ketones (excluding diaryl/α,β-unsaturated/α-hetero) is 1. The van der Waals surface area contributed by atoms with Crippen molar-refractivity contribution in [2.45, 2.75) is 58.0 Å². The lowest BCUT2D eigenvalue weighted by atomic mass is 9.45. The van der Waals surface area contributed by atoms with Crippen molar-refractivity contribution >= 4 is 17.7 Å². The molecule has 3 fully saturated rings. The summed E-state index contributed by atoms with van der Waals surface area (Å²) in [5.74, 6) is -0.599. The highest BCUT2D eigenvalue weighted by atomic mass is 16.5. The zero-order chi connectivity index (χ0) is 18.7. The predicted molar refractivity (Wildman–Crippen MR) is 90.9 cm³/mol. The van der Waals surface area contributed by atoms with Crippen molar-refractivity contribution in [3.05, 3.63) is 11.6 Å². The number of ketones is 1. The molecule has 0 aromatic heterocycles. The van der Waals surface area contributed by atoms with E-state index in [-0.39, 0.29) is 42.6 Å². The molecule has 0 aromatic rings. The average molecular weight is 362 g/mol. The third-order valence-electron chi connectivity index (χ3n) is 7.60. The van der Waals surface area contributed by atoms with Crippen molar-refractivity contribution in [3.63, 3.8) is 0 Å². The van der Waals surface area contributed by atoms with Crippen LogP contribution in [0.4, 0.5) is 0 Å². The van der Waals surface area contributed by atoms with Crippen molar-refractivity contribution < 1.29 is 29.0 Å². The number of aliphatic hydroxyl groups is 1. The third-order valence-corrected chi connectivity index (χ3v) is 7.60. The van der Waals surface area contributed by atoms with Crippen molar-refractivity contribution in [3.8, 4) is 0 Å². The van der Waals surface area contributed by atoms with Crippen LogP contribution in [0.2, 0.25) is 0 Å². The maximum atomic E-state index is 13.0. The number of allylic oxidation sites excluding steroid dienone is 1. The van der Waals surface area contributed by atoms with Gasteiger partial charge in [0.25, 0.3) is 0 Å². The molecule has 0 radical (unpaired) electrons. The van der Waals surface area contributed by atoms with E-state index in [0.29, 0.717) is 31.4 Å². The van der Waals surface area contributed by atoms with E-state index < -0.39 is 16.4 Å². The highest BCUT2D eigenvalue weighted by Gasteiger charge is 2.68. The maximum absolute atomic E-state index is 13.0. The number of carbonyl (C=O) groups excluding carboxylic acids is 3. The molecular formula is C20H26O6. The number of cyclic esters (lactones) is 2. The fourth-order valence-corrected chi connectivity index (χ4v) is 5.78. The lowest BCUT2D eigenvalue weighted by molar-refractivity contribution is -0.185. The number of hydrogen-bond donors (Lipinski definition) is 1. The molecule has 0 aromatic carbocycles. The van der Waals surface area contributed by atoms with E-state index in [1.54, 1.807) is 6.92 Å². The molecular weight excluding hydrogens is 336 g/mol. The smallest absolute Gasteiger partial charge is 0.334 e. The molecule has 0 bridgehead atoms. The van der Waals surface area contributed by atoms with Crippen LogP contribution in [0, 0.1) is 22.7 Å². The summed E-state index contributed by atoms with van der Waals surface area (Å²) in [6, 6.07) is 0. The quantitative estimate of drug-likeness (QED) is 0.772. The van der Waals surface area contributed by atoms with Gasteiger partial charge in [0.05, 0.1) is 13.0 Å². The number of hydrogen-bond acceptors (Lipinski definition) is 6. The summed E-state index contributed by atoms with van der Waals surface area (Å²) in [5, 5.41) is 11.2. The van der Waals surface area contributed by atoms with Gasteiger partial charge in [-0.3, -0.25) is 9.59 Å². The average Bonchev–Trinajstić information content (AvgIpc) is 3.15. The number of esters is 2. The van der Waals surface area contributed by atoms with Crippen LogP contribution in [0.15, 0.2) is 11.6 Å². The predicted octanol–water partition coefficient (Wildman–Crippen LogP) is 1.94. The minimum Gasteiger partial charge on any atom is -0.465 e. The molecule has 4 aliphatic rings. The van der Waals surface area contributed by atoms with E-state index in [1.165, 1.54) is 0 Å². The Morgan fingerprint density at radius 3 is 2.69 bits per heavy atom. The Bertz CT molecular complexity index is 707. The van der Waals surface area contributed by atoms with Gasteiger partial charge in [-0.25, -0.2) is 4.79 Å². The molecule has 6 nitrogen and oxygen atoms in total. The van der Waals surface area contributed by atoms with Gasteiger partial charge in [0, 0.05) is 28.7 Å². The maximum Gasteiger partial charge on any atom is 0.334 e. The molecule has 26 heavy (non-hydrogen) atoms. The first-order chi connectivity index (χ1) is 12.2. The monoisotopic (exact) mass is 362 g/mol. The second-order valence-corrected chi connectivity index (χ2v) is 8.86. The molecule has 1 saturated carbocycles. The van der Waals surface area contributed by atoms with Gasteiger partial charge in [-0.1, -0.05) is 13.0 Å². The largest absolute Gasteiger partial charge is 0.465 e. The molecule has 2 aliphatic heterocycles. The minimum absolute atomic E-state index is 0.00725. The van der Waals surface area contributed by atoms with Crippen LogP contribution in [-0.4, -0.2) is 41.6 Å². The van der Waals surface area contributed by atoms with E-state index >= 15 is 0 Å². The van der Waals surface area contributed by atoms with E-state index in [2.05, 4.69) is 0 Å². The number of rotatable bonds is 3. The number of carbonyl (C=O) groups is 3. The second-order valence-electron chi connectivity index (χ2n) is 8.86. The van der Waals surface area contributed by atoms with Crippen LogP contribution in [0.25, 0.3) is 0 Å². The lowest BCUT2D eigenvalue weighted by Gasteiger charge is -2.58. The Morgan fingerprint density at radius 2 is 2.00 bits per heavy atom. The van der Waals surface area contributed by atoms with Crippen molar-refractivity contribution in [2.75, 3.05) is 13.2 Å². The summed E-state index contributed by atoms with van der Waals surface area (Å²) in [6.07, 6.45) is 5.37. The van der Waals surface area contributed by atoms with E-state index in [9.17, 15) is 19.5 Å². The normalized spacial score (nSPS) is 44.9. The number of ether oxygens (including phenoxy) is 2. The van der Waals surface area contributed by atoms with Crippen molar-refractivity contribution in [1.82, 2.24) is 0 Å². The molecule has 4 rings (SSSR count). The highest BCUT2D eigenvalue weighted by Crippen LogP contribution is 2.64. The molecule has 2 saturated heterocycles. The van der Waals surface area contributed by atoms with Crippen LogP contribution in [0.5, 0.6) is 0 Å². The summed E-state index contributed by atoms with van der Waals surface area (Å²) in [4.78, 5) is 36.6. The summed E-state index contributed by atoms with van der Waals surface area (Å²) in [7, 11) is 0. The first kappa shape index (κ1) is 17.7. The van der Waals surface area contributed by atoms with Gasteiger partial charge in [0.1, 0.15) is 12.2 Å². The topological polar surface area (TPSA) is 89.9 Å². The van der Waals surface area contributed by atoms with Crippen molar-refractivity contribution in [1.29, 1.82) is 0 Å². The minimum atomic E-state index is -1.46. The summed E-state index contributed by atoms with van der Waals surface area (Å²) >= 11 is 0. The first-order valence-corrected chi connectivity index (χ1v) is 9.50. The van der Waals surface area contributed by atoms with Gasteiger partial charge in [-0.05, 0) is 38.5 Å². The molecule has 1 spiro atoms. The lowest BCUT2D eigenvalue weighted by Crippen LogP contribution is -2.64. The Labute approximate surface area is 152 Å². The molecule has 5 atom stereocenters. The van der Waals surface area contributed by atoms with Crippen LogP contribution in [-0.2, 0) is 23.9 Å². The van der Waals surface area contributed by atoms with E-state index in [0.717, 1.165) is 12.8 Å².